The first-order chi connectivity index (χ1) is 8.90. The molecule has 0 bridgehead atoms. The van der Waals surface area contributed by atoms with Crippen LogP contribution in [0.3, 0.4) is 0 Å². The molecule has 7 nitrogen and oxygen atoms in total. The van der Waals surface area contributed by atoms with E-state index in [9.17, 15) is 14.4 Å². The molecule has 0 aromatic carbocycles. The molecule has 0 saturated carbocycles. The molecule has 1 saturated heterocycles. The summed E-state index contributed by atoms with van der Waals surface area (Å²) >= 11 is 3.15. The van der Waals surface area contributed by atoms with Crippen LogP contribution in [0.25, 0.3) is 0 Å². The summed E-state index contributed by atoms with van der Waals surface area (Å²) in [5, 5.41) is 18.0. The summed E-state index contributed by atoms with van der Waals surface area (Å²) < 4.78 is 0.513. The highest BCUT2D eigenvalue weighted by atomic mass is 79.9. The minimum Gasteiger partial charge on any atom is -0.481 e. The minimum atomic E-state index is -1.27. The average molecular weight is 329 g/mol. The number of rotatable bonds is 3. The predicted molar refractivity (Wildman–Crippen MR) is 67.0 cm³/mol. The first kappa shape index (κ1) is 13.5. The fourth-order valence-corrected chi connectivity index (χ4v) is 2.22. The monoisotopic (exact) mass is 328 g/mol. The molecule has 1 atom stereocenters. The number of hydrogen-bond acceptors (Lipinski definition) is 4. The Morgan fingerprint density at radius 2 is 2.11 bits per heavy atom. The summed E-state index contributed by atoms with van der Waals surface area (Å²) in [6.45, 7) is -0.0490. The van der Waals surface area contributed by atoms with E-state index in [1.807, 2.05) is 0 Å². The molecule has 2 heterocycles. The highest BCUT2D eigenvalue weighted by molar-refractivity contribution is 9.10. The maximum atomic E-state index is 11.8. The summed E-state index contributed by atoms with van der Waals surface area (Å²) in [6.07, 6.45) is 1.17. The molecular formula is C11H9BrN2O5. The number of carbonyl (C=O) groups excluding carboxylic acids is 1. The molecule has 100 valence electrons. The fourth-order valence-electron chi connectivity index (χ4n) is 1.90. The van der Waals surface area contributed by atoms with Crippen molar-refractivity contribution in [1.82, 2.24) is 4.98 Å². The predicted octanol–water partition coefficient (Wildman–Crippen LogP) is 0.980. The molecule has 0 aliphatic carbocycles. The molecule has 1 aliphatic heterocycles. The first-order valence-electron chi connectivity index (χ1n) is 5.32. The molecule has 1 amide bonds. The van der Waals surface area contributed by atoms with Crippen molar-refractivity contribution in [2.75, 3.05) is 11.4 Å². The Bertz CT molecular complexity index is 574. The second-order valence-electron chi connectivity index (χ2n) is 4.07. The number of anilines is 1. The van der Waals surface area contributed by atoms with E-state index in [1.165, 1.54) is 12.3 Å². The normalized spacial score (nSPS) is 18.7. The summed E-state index contributed by atoms with van der Waals surface area (Å²) in [6, 6.07) is 1.44. The Balaban J connectivity index is 2.42. The summed E-state index contributed by atoms with van der Waals surface area (Å²) in [5.74, 6) is -3.59. The van der Waals surface area contributed by atoms with Crippen LogP contribution in [0.5, 0.6) is 0 Å². The third-order valence-electron chi connectivity index (χ3n) is 2.80. The zero-order chi connectivity index (χ0) is 14.2. The number of carbonyl (C=O) groups is 3. The van der Waals surface area contributed by atoms with Gasteiger partial charge in [0.15, 0.2) is 5.69 Å². The lowest BCUT2D eigenvalue weighted by Gasteiger charge is -2.18. The SMILES string of the molecule is O=C(O)c1ncc(Br)cc1N1CC(C(=O)O)CC1=O. The van der Waals surface area contributed by atoms with Gasteiger partial charge in [0.05, 0.1) is 11.6 Å². The lowest BCUT2D eigenvalue weighted by atomic mass is 10.1. The Morgan fingerprint density at radius 1 is 1.42 bits per heavy atom. The number of carboxylic acids is 2. The standard InChI is InChI=1S/C11H9BrN2O5/c12-6-2-7(9(11(18)19)13-3-6)14-4-5(10(16)17)1-8(14)15/h2-3,5H,1,4H2,(H,16,17)(H,18,19). The van der Waals surface area contributed by atoms with Crippen molar-refractivity contribution in [3.8, 4) is 0 Å². The average Bonchev–Trinajstić information content (AvgIpc) is 2.71. The number of carboxylic acid groups (broad SMARTS) is 2. The van der Waals surface area contributed by atoms with Crippen LogP contribution < -0.4 is 4.90 Å². The van der Waals surface area contributed by atoms with Gasteiger partial charge in [-0.3, -0.25) is 9.59 Å². The van der Waals surface area contributed by atoms with Gasteiger partial charge in [-0.2, -0.15) is 0 Å². The minimum absolute atomic E-state index is 0.0490. The van der Waals surface area contributed by atoms with Crippen LogP contribution in [0, 0.1) is 5.92 Å². The first-order valence-corrected chi connectivity index (χ1v) is 6.11. The number of halogens is 1. The van der Waals surface area contributed by atoms with E-state index in [2.05, 4.69) is 20.9 Å². The number of aliphatic carboxylic acids is 1. The zero-order valence-electron chi connectivity index (χ0n) is 9.54. The van der Waals surface area contributed by atoms with Crippen molar-refractivity contribution in [2.24, 2.45) is 5.92 Å². The zero-order valence-corrected chi connectivity index (χ0v) is 11.1. The molecule has 2 N–H and O–H groups in total. The Morgan fingerprint density at radius 3 is 2.63 bits per heavy atom. The van der Waals surface area contributed by atoms with Crippen molar-refractivity contribution >= 4 is 39.5 Å². The topological polar surface area (TPSA) is 108 Å². The van der Waals surface area contributed by atoms with Crippen molar-refractivity contribution in [1.29, 1.82) is 0 Å². The van der Waals surface area contributed by atoms with Crippen molar-refractivity contribution < 1.29 is 24.6 Å². The van der Waals surface area contributed by atoms with Crippen LogP contribution in [0.4, 0.5) is 5.69 Å². The van der Waals surface area contributed by atoms with E-state index < -0.39 is 23.8 Å². The third-order valence-corrected chi connectivity index (χ3v) is 3.24. The van der Waals surface area contributed by atoms with Gasteiger partial charge in [-0.1, -0.05) is 0 Å². The third kappa shape index (κ3) is 2.58. The number of aromatic nitrogens is 1. The quantitative estimate of drug-likeness (QED) is 0.856. The summed E-state index contributed by atoms with van der Waals surface area (Å²) in [7, 11) is 0. The van der Waals surface area contributed by atoms with E-state index in [1.54, 1.807) is 0 Å². The molecular weight excluding hydrogens is 320 g/mol. The molecule has 0 spiro atoms. The number of amides is 1. The molecule has 2 rings (SSSR count). The van der Waals surface area contributed by atoms with Crippen LogP contribution in [0.2, 0.25) is 0 Å². The maximum Gasteiger partial charge on any atom is 0.356 e. The van der Waals surface area contributed by atoms with Crippen LogP contribution >= 0.6 is 15.9 Å². The highest BCUT2D eigenvalue weighted by Crippen LogP contribution is 2.29. The van der Waals surface area contributed by atoms with Gasteiger partial charge < -0.3 is 15.1 Å². The van der Waals surface area contributed by atoms with Gasteiger partial charge in [0.2, 0.25) is 5.91 Å². The molecule has 1 unspecified atom stereocenters. The number of aromatic carboxylic acids is 1. The van der Waals surface area contributed by atoms with Gasteiger partial charge in [-0.15, -0.1) is 0 Å². The van der Waals surface area contributed by atoms with E-state index >= 15 is 0 Å². The molecule has 1 aromatic rings. The van der Waals surface area contributed by atoms with Crippen LogP contribution in [0.1, 0.15) is 16.9 Å². The Kier molecular flexibility index (Phi) is 3.52. The van der Waals surface area contributed by atoms with Crippen molar-refractivity contribution in [2.45, 2.75) is 6.42 Å². The lowest BCUT2D eigenvalue weighted by molar-refractivity contribution is -0.141. The van der Waals surface area contributed by atoms with E-state index in [-0.39, 0.29) is 24.3 Å². The molecule has 1 aromatic heterocycles. The van der Waals surface area contributed by atoms with Crippen LogP contribution in [-0.4, -0.2) is 39.6 Å². The molecule has 1 aliphatic rings. The van der Waals surface area contributed by atoms with Gasteiger partial charge in [-0.05, 0) is 22.0 Å². The van der Waals surface area contributed by atoms with E-state index in [0.29, 0.717) is 4.47 Å². The van der Waals surface area contributed by atoms with Gasteiger partial charge >= 0.3 is 11.9 Å². The number of hydrogen-bond donors (Lipinski definition) is 2. The van der Waals surface area contributed by atoms with Crippen LogP contribution in [-0.2, 0) is 9.59 Å². The summed E-state index contributed by atoms with van der Waals surface area (Å²) in [5.41, 5.74) is -0.168. The molecule has 19 heavy (non-hydrogen) atoms. The summed E-state index contributed by atoms with van der Waals surface area (Å²) in [4.78, 5) is 38.7. The number of pyridine rings is 1. The largest absolute Gasteiger partial charge is 0.481 e. The second kappa shape index (κ2) is 4.96. The smallest absolute Gasteiger partial charge is 0.356 e. The molecule has 8 heteroatoms. The van der Waals surface area contributed by atoms with Gasteiger partial charge in [0.25, 0.3) is 0 Å². The molecule has 1 fully saturated rings. The van der Waals surface area contributed by atoms with Gasteiger partial charge in [0, 0.05) is 23.6 Å². The van der Waals surface area contributed by atoms with E-state index in [4.69, 9.17) is 10.2 Å². The Hall–Kier alpha value is -1.96. The van der Waals surface area contributed by atoms with E-state index in [0.717, 1.165) is 4.90 Å². The van der Waals surface area contributed by atoms with Gasteiger partial charge in [-0.25, -0.2) is 9.78 Å². The molecule has 0 radical (unpaired) electrons. The highest BCUT2D eigenvalue weighted by Gasteiger charge is 2.37. The lowest BCUT2D eigenvalue weighted by Crippen LogP contribution is -2.28. The Labute approximate surface area is 116 Å². The maximum absolute atomic E-state index is 11.8. The van der Waals surface area contributed by atoms with Crippen LogP contribution in [0.15, 0.2) is 16.7 Å². The van der Waals surface area contributed by atoms with Crippen molar-refractivity contribution in [3.63, 3.8) is 0 Å². The fraction of sp³-hybridized carbons (Fsp3) is 0.273. The number of nitrogens with zero attached hydrogens (tertiary/aromatic N) is 2. The van der Waals surface area contributed by atoms with Crippen molar-refractivity contribution in [3.05, 3.63) is 22.4 Å². The second-order valence-corrected chi connectivity index (χ2v) is 4.99. The van der Waals surface area contributed by atoms with Gasteiger partial charge in [0.1, 0.15) is 0 Å².